The number of aromatic nitrogens is 2. The van der Waals surface area contributed by atoms with E-state index >= 15 is 0 Å². The van der Waals surface area contributed by atoms with E-state index in [4.69, 9.17) is 9.47 Å². The first-order valence-electron chi connectivity index (χ1n) is 11.4. The SMILES string of the molecule is Cc1c(C(=O)Nc2ccc3c(c2)OCCO3)sc2ncn(CC(=O)N3CCCC[C@@H]3C)c(=O)c12. The van der Waals surface area contributed by atoms with Crippen molar-refractivity contribution in [3.63, 3.8) is 0 Å². The van der Waals surface area contributed by atoms with E-state index in [9.17, 15) is 14.4 Å². The number of hydrogen-bond donors (Lipinski definition) is 1. The Morgan fingerprint density at radius 1 is 1.21 bits per heavy atom. The van der Waals surface area contributed by atoms with E-state index in [1.165, 1.54) is 10.9 Å². The van der Waals surface area contributed by atoms with E-state index in [-0.39, 0.29) is 30.0 Å². The second-order valence-corrected chi connectivity index (χ2v) is 9.66. The number of carbonyl (C=O) groups excluding carboxylic acids is 2. The molecule has 2 amide bonds. The van der Waals surface area contributed by atoms with E-state index < -0.39 is 0 Å². The summed E-state index contributed by atoms with van der Waals surface area (Å²) in [6.07, 6.45) is 4.47. The van der Waals surface area contributed by atoms with Gasteiger partial charge >= 0.3 is 0 Å². The fourth-order valence-electron chi connectivity index (χ4n) is 4.50. The highest BCUT2D eigenvalue weighted by Gasteiger charge is 2.25. The lowest BCUT2D eigenvalue weighted by Gasteiger charge is -2.33. The van der Waals surface area contributed by atoms with Gasteiger partial charge in [-0.2, -0.15) is 0 Å². The smallest absolute Gasteiger partial charge is 0.266 e. The Kier molecular flexibility index (Phi) is 5.99. The van der Waals surface area contributed by atoms with E-state index in [1.807, 2.05) is 11.8 Å². The molecule has 2 aliphatic rings. The van der Waals surface area contributed by atoms with Crippen molar-refractivity contribution in [2.24, 2.45) is 0 Å². The molecular formula is C24H26N4O5S. The zero-order chi connectivity index (χ0) is 23.8. The molecule has 178 valence electrons. The standard InChI is InChI=1S/C24H26N4O5S/c1-14-5-3-4-8-28(14)19(29)12-27-13-25-23-20(24(27)31)15(2)21(34-23)22(30)26-16-6-7-17-18(11-16)33-10-9-32-17/h6-7,11,13-14H,3-5,8-10,12H2,1-2H3,(H,26,30)/t14-/m0/s1. The summed E-state index contributed by atoms with van der Waals surface area (Å²) in [6, 6.07) is 5.38. The van der Waals surface area contributed by atoms with Crippen molar-refractivity contribution in [2.75, 3.05) is 25.1 Å². The monoisotopic (exact) mass is 482 g/mol. The lowest BCUT2D eigenvalue weighted by atomic mass is 10.0. The molecule has 1 fully saturated rings. The van der Waals surface area contributed by atoms with Gasteiger partial charge in [-0.05, 0) is 50.8 Å². The molecule has 0 radical (unpaired) electrons. The number of thiophene rings is 1. The van der Waals surface area contributed by atoms with Crippen molar-refractivity contribution in [3.8, 4) is 11.5 Å². The number of ether oxygens (including phenoxy) is 2. The Balaban J connectivity index is 1.38. The van der Waals surface area contributed by atoms with Gasteiger partial charge in [0.25, 0.3) is 11.5 Å². The number of nitrogens with zero attached hydrogens (tertiary/aromatic N) is 3. The number of piperidine rings is 1. The predicted octanol–water partition coefficient (Wildman–Crippen LogP) is 3.19. The van der Waals surface area contributed by atoms with Gasteiger partial charge in [0.05, 0.1) is 16.6 Å². The summed E-state index contributed by atoms with van der Waals surface area (Å²) in [7, 11) is 0. The number of hydrogen-bond acceptors (Lipinski definition) is 7. The Labute approximate surface area is 200 Å². The summed E-state index contributed by atoms with van der Waals surface area (Å²) in [6.45, 7) is 5.38. The lowest BCUT2D eigenvalue weighted by molar-refractivity contribution is -0.135. The first-order chi connectivity index (χ1) is 16.4. The van der Waals surface area contributed by atoms with Crippen molar-refractivity contribution in [2.45, 2.75) is 45.7 Å². The number of anilines is 1. The van der Waals surface area contributed by atoms with Crippen LogP contribution in [0.2, 0.25) is 0 Å². The summed E-state index contributed by atoms with van der Waals surface area (Å²) in [4.78, 5) is 46.2. The van der Waals surface area contributed by atoms with Crippen molar-refractivity contribution < 1.29 is 19.1 Å². The molecule has 0 spiro atoms. The Morgan fingerprint density at radius 3 is 2.79 bits per heavy atom. The molecular weight excluding hydrogens is 456 g/mol. The molecule has 9 nitrogen and oxygen atoms in total. The molecule has 2 aliphatic heterocycles. The van der Waals surface area contributed by atoms with Crippen molar-refractivity contribution >= 4 is 39.1 Å². The third-order valence-electron chi connectivity index (χ3n) is 6.35. The average Bonchev–Trinajstić information content (AvgIpc) is 3.18. The molecule has 0 aliphatic carbocycles. The molecule has 1 aromatic carbocycles. The third-order valence-corrected chi connectivity index (χ3v) is 7.55. The fraction of sp³-hybridized carbons (Fsp3) is 0.417. The highest BCUT2D eigenvalue weighted by Crippen LogP contribution is 2.33. The van der Waals surface area contributed by atoms with Crippen LogP contribution in [0, 0.1) is 6.92 Å². The number of benzene rings is 1. The molecule has 10 heteroatoms. The van der Waals surface area contributed by atoms with Crippen LogP contribution in [0.4, 0.5) is 5.69 Å². The van der Waals surface area contributed by atoms with Crippen LogP contribution in [0.15, 0.2) is 29.3 Å². The molecule has 1 N–H and O–H groups in total. The molecule has 4 heterocycles. The zero-order valence-corrected chi connectivity index (χ0v) is 19.9. The van der Waals surface area contributed by atoms with Crippen molar-refractivity contribution in [3.05, 3.63) is 45.3 Å². The number of nitrogens with one attached hydrogen (secondary N) is 1. The van der Waals surface area contributed by atoms with Crippen molar-refractivity contribution in [1.82, 2.24) is 14.5 Å². The minimum atomic E-state index is -0.332. The number of rotatable bonds is 4. The second kappa shape index (κ2) is 9.09. The van der Waals surface area contributed by atoms with Crippen LogP contribution in [-0.4, -0.2) is 52.1 Å². The lowest BCUT2D eigenvalue weighted by Crippen LogP contribution is -2.44. The van der Waals surface area contributed by atoms with Gasteiger partial charge in [0, 0.05) is 24.3 Å². The van der Waals surface area contributed by atoms with Gasteiger partial charge in [-0.25, -0.2) is 4.98 Å². The van der Waals surface area contributed by atoms with E-state index in [1.54, 1.807) is 25.1 Å². The van der Waals surface area contributed by atoms with Crippen LogP contribution < -0.4 is 20.3 Å². The van der Waals surface area contributed by atoms with Gasteiger partial charge in [0.15, 0.2) is 11.5 Å². The molecule has 0 bridgehead atoms. The quantitative estimate of drug-likeness (QED) is 0.613. The molecule has 0 saturated carbocycles. The fourth-order valence-corrected chi connectivity index (χ4v) is 5.54. The molecule has 5 rings (SSSR count). The summed E-state index contributed by atoms with van der Waals surface area (Å²) in [5, 5.41) is 3.24. The third kappa shape index (κ3) is 4.13. The van der Waals surface area contributed by atoms with E-state index in [0.29, 0.717) is 57.6 Å². The largest absolute Gasteiger partial charge is 0.486 e. The van der Waals surface area contributed by atoms with E-state index in [0.717, 1.165) is 30.6 Å². The minimum Gasteiger partial charge on any atom is -0.486 e. The molecule has 1 saturated heterocycles. The maximum atomic E-state index is 13.2. The number of likely N-dealkylation sites (tertiary alicyclic amines) is 1. The average molecular weight is 483 g/mol. The Bertz CT molecular complexity index is 1330. The molecule has 2 aromatic heterocycles. The Hall–Kier alpha value is -3.40. The van der Waals surface area contributed by atoms with Gasteiger partial charge in [-0.15, -0.1) is 11.3 Å². The number of aryl methyl sites for hydroxylation is 1. The predicted molar refractivity (Wildman–Crippen MR) is 129 cm³/mol. The molecule has 1 atom stereocenters. The maximum Gasteiger partial charge on any atom is 0.266 e. The van der Waals surface area contributed by atoms with Gasteiger partial charge in [-0.3, -0.25) is 19.0 Å². The zero-order valence-electron chi connectivity index (χ0n) is 19.1. The summed E-state index contributed by atoms with van der Waals surface area (Å²) in [5.41, 5.74) is 0.813. The topological polar surface area (TPSA) is 103 Å². The van der Waals surface area contributed by atoms with Gasteiger partial charge in [0.1, 0.15) is 24.6 Å². The number of fused-ring (bicyclic) bond motifs is 2. The van der Waals surface area contributed by atoms with Crippen molar-refractivity contribution in [1.29, 1.82) is 0 Å². The highest BCUT2D eigenvalue weighted by molar-refractivity contribution is 7.20. The summed E-state index contributed by atoms with van der Waals surface area (Å²) < 4.78 is 12.4. The minimum absolute atomic E-state index is 0.0554. The van der Waals surface area contributed by atoms with Crippen LogP contribution in [0.5, 0.6) is 11.5 Å². The molecule has 3 aromatic rings. The summed E-state index contributed by atoms with van der Waals surface area (Å²) >= 11 is 1.16. The molecule has 0 unspecified atom stereocenters. The van der Waals surface area contributed by atoms with Crippen LogP contribution in [0.25, 0.3) is 10.2 Å². The van der Waals surface area contributed by atoms with Gasteiger partial charge < -0.3 is 19.7 Å². The number of amides is 2. The van der Waals surface area contributed by atoms with Gasteiger partial charge in [-0.1, -0.05) is 0 Å². The number of carbonyl (C=O) groups is 2. The first kappa shape index (κ1) is 22.4. The summed E-state index contributed by atoms with van der Waals surface area (Å²) in [5.74, 6) is 0.802. The van der Waals surface area contributed by atoms with E-state index in [2.05, 4.69) is 10.3 Å². The van der Waals surface area contributed by atoms with Gasteiger partial charge in [0.2, 0.25) is 5.91 Å². The molecule has 34 heavy (non-hydrogen) atoms. The normalized spacial score (nSPS) is 17.6. The second-order valence-electron chi connectivity index (χ2n) is 8.66. The maximum absolute atomic E-state index is 13.2. The van der Waals surface area contributed by atoms with Crippen LogP contribution in [0.1, 0.15) is 41.4 Å². The van der Waals surface area contributed by atoms with Crippen LogP contribution >= 0.6 is 11.3 Å². The highest BCUT2D eigenvalue weighted by atomic mass is 32.1. The first-order valence-corrected chi connectivity index (χ1v) is 12.2. The van der Waals surface area contributed by atoms with Crippen LogP contribution in [-0.2, 0) is 11.3 Å². The Morgan fingerprint density at radius 2 is 2.00 bits per heavy atom. The van der Waals surface area contributed by atoms with Crippen LogP contribution in [0.3, 0.4) is 0 Å².